The predicted octanol–water partition coefficient (Wildman–Crippen LogP) is 3.51. The molecule has 128 valence electrons. The van der Waals surface area contributed by atoms with Crippen molar-refractivity contribution in [3.8, 4) is 17.2 Å². The number of nitrogen functional groups attached to an aromatic ring is 2. The van der Waals surface area contributed by atoms with Crippen molar-refractivity contribution in [3.05, 3.63) is 42.5 Å². The normalized spacial score (nSPS) is 16.0. The summed E-state index contributed by atoms with van der Waals surface area (Å²) in [5, 5.41) is 0. The van der Waals surface area contributed by atoms with Crippen LogP contribution in [0, 0.1) is 0 Å². The van der Waals surface area contributed by atoms with Crippen molar-refractivity contribution >= 4 is 11.4 Å². The van der Waals surface area contributed by atoms with E-state index in [0.717, 1.165) is 11.5 Å². The van der Waals surface area contributed by atoms with Crippen molar-refractivity contribution in [2.75, 3.05) is 31.2 Å². The molecule has 2 aromatic carbocycles. The van der Waals surface area contributed by atoms with Crippen LogP contribution >= 0.6 is 0 Å². The van der Waals surface area contributed by atoms with Gasteiger partial charge >= 0.3 is 0 Å². The van der Waals surface area contributed by atoms with Gasteiger partial charge in [0.2, 0.25) is 0 Å². The van der Waals surface area contributed by atoms with Gasteiger partial charge in [0.05, 0.1) is 11.4 Å². The van der Waals surface area contributed by atoms with Crippen LogP contribution in [0.1, 0.15) is 19.8 Å². The second-order valence-corrected chi connectivity index (χ2v) is 6.27. The Kier molecular flexibility index (Phi) is 5.11. The number of nitrogens with two attached hydrogens (primary N) is 2. The van der Waals surface area contributed by atoms with Crippen molar-refractivity contribution in [3.63, 3.8) is 0 Å². The summed E-state index contributed by atoms with van der Waals surface area (Å²) in [6, 6.07) is 13.3. The molecule has 4 N–H and O–H groups in total. The molecular weight excluding hydrogens is 302 g/mol. The number of hydrogen-bond donors (Lipinski definition) is 2. The van der Waals surface area contributed by atoms with Crippen molar-refractivity contribution in [1.82, 2.24) is 4.90 Å². The number of rotatable bonds is 6. The minimum Gasteiger partial charge on any atom is -0.492 e. The minimum atomic E-state index is 0.446. The van der Waals surface area contributed by atoms with E-state index in [1.807, 2.05) is 24.3 Å². The molecule has 0 aromatic heterocycles. The quantitative estimate of drug-likeness (QED) is 0.794. The second kappa shape index (κ2) is 7.45. The average molecular weight is 327 g/mol. The molecule has 3 rings (SSSR count). The molecule has 24 heavy (non-hydrogen) atoms. The van der Waals surface area contributed by atoms with Crippen LogP contribution in [0.2, 0.25) is 0 Å². The molecule has 2 aromatic rings. The maximum absolute atomic E-state index is 5.89. The van der Waals surface area contributed by atoms with Gasteiger partial charge in [-0.1, -0.05) is 0 Å². The highest BCUT2D eigenvalue weighted by atomic mass is 16.5. The van der Waals surface area contributed by atoms with E-state index in [2.05, 4.69) is 11.8 Å². The highest BCUT2D eigenvalue weighted by Crippen LogP contribution is 2.27. The summed E-state index contributed by atoms with van der Waals surface area (Å²) in [6.07, 6.45) is 2.60. The fraction of sp³-hybridized carbons (Fsp3) is 0.368. The van der Waals surface area contributed by atoms with E-state index >= 15 is 0 Å². The molecule has 0 bridgehead atoms. The molecular formula is C19H25N3O2. The molecule has 0 aliphatic carbocycles. The first kappa shape index (κ1) is 16.5. The molecule has 0 amide bonds. The van der Waals surface area contributed by atoms with Gasteiger partial charge in [0.15, 0.2) is 0 Å². The largest absolute Gasteiger partial charge is 0.492 e. The fourth-order valence-corrected chi connectivity index (χ4v) is 2.86. The zero-order valence-corrected chi connectivity index (χ0v) is 14.1. The molecule has 1 atom stereocenters. The third-order valence-electron chi connectivity index (χ3n) is 4.37. The summed E-state index contributed by atoms with van der Waals surface area (Å²) in [4.78, 5) is 2.48. The van der Waals surface area contributed by atoms with Gasteiger partial charge in [-0.15, -0.1) is 0 Å². The topological polar surface area (TPSA) is 73.7 Å². The van der Waals surface area contributed by atoms with Gasteiger partial charge in [-0.3, -0.25) is 4.90 Å². The maximum atomic E-state index is 5.89. The highest BCUT2D eigenvalue weighted by molar-refractivity contribution is 5.65. The van der Waals surface area contributed by atoms with Crippen LogP contribution in [0.3, 0.4) is 0 Å². The molecule has 1 unspecified atom stereocenters. The summed E-state index contributed by atoms with van der Waals surface area (Å²) in [5.41, 5.74) is 12.6. The number of anilines is 2. The predicted molar refractivity (Wildman–Crippen MR) is 97.5 cm³/mol. The van der Waals surface area contributed by atoms with Crippen LogP contribution in [0.25, 0.3) is 0 Å². The molecule has 0 saturated carbocycles. The van der Waals surface area contributed by atoms with Crippen LogP contribution in [0.5, 0.6) is 17.2 Å². The Morgan fingerprint density at radius 3 is 2.21 bits per heavy atom. The lowest BCUT2D eigenvalue weighted by Gasteiger charge is -2.23. The number of likely N-dealkylation sites (tertiary alicyclic amines) is 1. The van der Waals surface area contributed by atoms with Gasteiger partial charge in [-0.25, -0.2) is 0 Å². The zero-order valence-electron chi connectivity index (χ0n) is 14.1. The first-order valence-corrected chi connectivity index (χ1v) is 8.41. The van der Waals surface area contributed by atoms with E-state index in [0.29, 0.717) is 29.8 Å². The van der Waals surface area contributed by atoms with Gasteiger partial charge in [-0.2, -0.15) is 0 Å². The standard InChI is InChI=1S/C19H25N3O2/c1-14(22-10-2-3-11-22)13-23-15-4-6-16(7-5-15)24-17-8-9-18(20)19(21)12-17/h4-9,12,14H,2-3,10-11,13,20-21H2,1H3. The Labute approximate surface area is 143 Å². The average Bonchev–Trinajstić information content (AvgIpc) is 3.12. The van der Waals surface area contributed by atoms with Gasteiger partial charge in [0, 0.05) is 12.1 Å². The Balaban J connectivity index is 1.53. The van der Waals surface area contributed by atoms with Gasteiger partial charge in [-0.05, 0) is 69.3 Å². The summed E-state index contributed by atoms with van der Waals surface area (Å²) in [6.45, 7) is 5.28. The van der Waals surface area contributed by atoms with Gasteiger partial charge < -0.3 is 20.9 Å². The molecule has 1 aliphatic heterocycles. The monoisotopic (exact) mass is 327 g/mol. The molecule has 5 nitrogen and oxygen atoms in total. The molecule has 0 spiro atoms. The van der Waals surface area contributed by atoms with Crippen molar-refractivity contribution in [2.24, 2.45) is 0 Å². The van der Waals surface area contributed by atoms with Crippen molar-refractivity contribution in [1.29, 1.82) is 0 Å². The summed E-state index contributed by atoms with van der Waals surface area (Å²) < 4.78 is 11.7. The Bertz CT molecular complexity index is 667. The number of benzene rings is 2. The number of ether oxygens (including phenoxy) is 2. The lowest BCUT2D eigenvalue weighted by Crippen LogP contribution is -2.34. The van der Waals surface area contributed by atoms with Crippen LogP contribution in [-0.4, -0.2) is 30.6 Å². The second-order valence-electron chi connectivity index (χ2n) is 6.27. The lowest BCUT2D eigenvalue weighted by molar-refractivity contribution is 0.172. The first-order chi connectivity index (χ1) is 11.6. The van der Waals surface area contributed by atoms with Crippen molar-refractivity contribution in [2.45, 2.75) is 25.8 Å². The summed E-state index contributed by atoms with van der Waals surface area (Å²) >= 11 is 0. The Hall–Kier alpha value is -2.40. The molecule has 5 heteroatoms. The van der Waals surface area contributed by atoms with E-state index < -0.39 is 0 Å². The highest BCUT2D eigenvalue weighted by Gasteiger charge is 2.18. The lowest BCUT2D eigenvalue weighted by atomic mass is 10.2. The molecule has 1 fully saturated rings. The minimum absolute atomic E-state index is 0.446. The fourth-order valence-electron chi connectivity index (χ4n) is 2.86. The number of nitrogens with zero attached hydrogens (tertiary/aromatic N) is 1. The van der Waals surface area contributed by atoms with Gasteiger partial charge in [0.1, 0.15) is 23.9 Å². The van der Waals surface area contributed by atoms with E-state index in [1.165, 1.54) is 25.9 Å². The maximum Gasteiger partial charge on any atom is 0.129 e. The molecule has 0 radical (unpaired) electrons. The zero-order chi connectivity index (χ0) is 16.9. The van der Waals surface area contributed by atoms with Crippen LogP contribution in [0.15, 0.2) is 42.5 Å². The van der Waals surface area contributed by atoms with E-state index in [4.69, 9.17) is 20.9 Å². The third kappa shape index (κ3) is 4.11. The summed E-state index contributed by atoms with van der Waals surface area (Å²) in [7, 11) is 0. The Morgan fingerprint density at radius 1 is 0.917 bits per heavy atom. The van der Waals surface area contributed by atoms with Crippen molar-refractivity contribution < 1.29 is 9.47 Å². The van der Waals surface area contributed by atoms with E-state index in [1.54, 1.807) is 18.2 Å². The molecule has 1 aliphatic rings. The molecule has 1 saturated heterocycles. The van der Waals surface area contributed by atoms with Crippen LogP contribution < -0.4 is 20.9 Å². The summed E-state index contributed by atoms with van der Waals surface area (Å²) in [5.74, 6) is 2.25. The molecule has 1 heterocycles. The Morgan fingerprint density at radius 2 is 1.54 bits per heavy atom. The first-order valence-electron chi connectivity index (χ1n) is 8.41. The van der Waals surface area contributed by atoms with E-state index in [9.17, 15) is 0 Å². The van der Waals surface area contributed by atoms with Crippen LogP contribution in [-0.2, 0) is 0 Å². The van der Waals surface area contributed by atoms with E-state index in [-0.39, 0.29) is 0 Å². The van der Waals surface area contributed by atoms with Gasteiger partial charge in [0.25, 0.3) is 0 Å². The van der Waals surface area contributed by atoms with Crippen LogP contribution in [0.4, 0.5) is 11.4 Å². The number of hydrogen-bond acceptors (Lipinski definition) is 5. The smallest absolute Gasteiger partial charge is 0.129 e. The third-order valence-corrected chi connectivity index (χ3v) is 4.37. The SMILES string of the molecule is CC(COc1ccc(Oc2ccc(N)c(N)c2)cc1)N1CCCC1.